The van der Waals surface area contributed by atoms with Gasteiger partial charge in [-0.3, -0.25) is 4.79 Å². The lowest BCUT2D eigenvalue weighted by Crippen LogP contribution is -2.30. The van der Waals surface area contributed by atoms with E-state index >= 15 is 0 Å². The van der Waals surface area contributed by atoms with Crippen molar-refractivity contribution in [3.05, 3.63) is 35.4 Å². The zero-order valence-corrected chi connectivity index (χ0v) is 11.2. The molecule has 0 saturated carbocycles. The topological polar surface area (TPSA) is 88.2 Å². The van der Waals surface area contributed by atoms with Gasteiger partial charge < -0.3 is 20.6 Å². The average Bonchev–Trinajstić information content (AvgIpc) is 2.46. The third-order valence-corrected chi connectivity index (χ3v) is 2.66. The van der Waals surface area contributed by atoms with Crippen LogP contribution in [-0.4, -0.2) is 48.7 Å². The molecule has 0 saturated heterocycles. The van der Waals surface area contributed by atoms with Gasteiger partial charge in [-0.1, -0.05) is 17.3 Å². The van der Waals surface area contributed by atoms with Gasteiger partial charge in [0.1, 0.15) is 0 Å². The van der Waals surface area contributed by atoms with Gasteiger partial charge in [-0.25, -0.2) is 0 Å². The Morgan fingerprint density at radius 1 is 1.37 bits per heavy atom. The fourth-order valence-corrected chi connectivity index (χ4v) is 1.51. The molecule has 3 N–H and O–H groups in total. The number of carbonyl (C=O) groups excluding carboxylic acids is 1. The number of amides is 1. The maximum Gasteiger partial charge on any atom is 0.253 e. The first-order chi connectivity index (χ1) is 9.10. The van der Waals surface area contributed by atoms with Crippen LogP contribution in [0.1, 0.15) is 22.8 Å². The molecule has 6 nitrogen and oxygen atoms in total. The SMILES string of the molecule is CCOCCN(C)C(=O)c1ccc(/C(N)=N/O)cc1. The van der Waals surface area contributed by atoms with Crippen molar-refractivity contribution in [2.75, 3.05) is 26.8 Å². The number of rotatable bonds is 6. The smallest absolute Gasteiger partial charge is 0.253 e. The van der Waals surface area contributed by atoms with Gasteiger partial charge in [-0.15, -0.1) is 0 Å². The summed E-state index contributed by atoms with van der Waals surface area (Å²) < 4.78 is 5.20. The van der Waals surface area contributed by atoms with E-state index < -0.39 is 0 Å². The maximum atomic E-state index is 12.0. The Balaban J connectivity index is 2.67. The van der Waals surface area contributed by atoms with Crippen molar-refractivity contribution in [3.8, 4) is 0 Å². The molecule has 1 amide bonds. The molecule has 0 aliphatic carbocycles. The molecule has 0 aromatic heterocycles. The van der Waals surface area contributed by atoms with E-state index in [9.17, 15) is 4.79 Å². The molecule has 104 valence electrons. The fraction of sp³-hybridized carbons (Fsp3) is 0.385. The molecular weight excluding hydrogens is 246 g/mol. The molecule has 0 aliphatic rings. The summed E-state index contributed by atoms with van der Waals surface area (Å²) in [4.78, 5) is 13.6. The second-order valence-corrected chi connectivity index (χ2v) is 3.99. The number of oxime groups is 1. The van der Waals surface area contributed by atoms with Crippen LogP contribution in [0.4, 0.5) is 0 Å². The minimum Gasteiger partial charge on any atom is -0.409 e. The van der Waals surface area contributed by atoms with E-state index in [2.05, 4.69) is 5.16 Å². The first-order valence-electron chi connectivity index (χ1n) is 6.01. The number of amidine groups is 1. The molecule has 1 rings (SSSR count). The van der Waals surface area contributed by atoms with Gasteiger partial charge in [0.15, 0.2) is 5.84 Å². The third-order valence-electron chi connectivity index (χ3n) is 2.66. The minimum absolute atomic E-state index is 0.0173. The molecule has 19 heavy (non-hydrogen) atoms. The van der Waals surface area contributed by atoms with Gasteiger partial charge in [-0.05, 0) is 19.1 Å². The fourth-order valence-electron chi connectivity index (χ4n) is 1.51. The number of nitrogens with zero attached hydrogens (tertiary/aromatic N) is 2. The standard InChI is InChI=1S/C13H19N3O3/c1-3-19-9-8-16(2)13(17)11-6-4-10(5-7-11)12(14)15-18/h4-7,18H,3,8-9H2,1-2H3,(H2,14,15). The van der Waals surface area contributed by atoms with Crippen molar-refractivity contribution in [2.45, 2.75) is 6.92 Å². The van der Waals surface area contributed by atoms with Crippen molar-refractivity contribution in [1.29, 1.82) is 0 Å². The molecule has 0 aliphatic heterocycles. The Kier molecular flexibility index (Phi) is 5.81. The predicted molar refractivity (Wildman–Crippen MR) is 72.4 cm³/mol. The molecule has 0 radical (unpaired) electrons. The molecule has 1 aromatic rings. The number of hydrogen-bond donors (Lipinski definition) is 2. The zero-order chi connectivity index (χ0) is 14.3. The number of ether oxygens (including phenoxy) is 1. The molecule has 0 heterocycles. The molecule has 0 spiro atoms. The van der Waals surface area contributed by atoms with Crippen LogP contribution in [0.25, 0.3) is 0 Å². The van der Waals surface area contributed by atoms with Crippen LogP contribution in [0.5, 0.6) is 0 Å². The third kappa shape index (κ3) is 4.26. The second-order valence-electron chi connectivity index (χ2n) is 3.99. The zero-order valence-electron chi connectivity index (χ0n) is 11.2. The van der Waals surface area contributed by atoms with Gasteiger partial charge in [0.05, 0.1) is 6.61 Å². The lowest BCUT2D eigenvalue weighted by Gasteiger charge is -2.17. The summed E-state index contributed by atoms with van der Waals surface area (Å²) in [7, 11) is 1.72. The van der Waals surface area contributed by atoms with Crippen LogP contribution in [0.3, 0.4) is 0 Å². The van der Waals surface area contributed by atoms with Gasteiger partial charge in [0.2, 0.25) is 0 Å². The summed E-state index contributed by atoms with van der Waals surface area (Å²) in [5.41, 5.74) is 6.56. The summed E-state index contributed by atoms with van der Waals surface area (Å²) in [6.45, 7) is 3.60. The normalized spacial score (nSPS) is 11.4. The van der Waals surface area contributed by atoms with Crippen LogP contribution in [-0.2, 0) is 4.74 Å². The Morgan fingerprint density at radius 3 is 2.47 bits per heavy atom. The van der Waals surface area contributed by atoms with E-state index in [1.54, 1.807) is 36.2 Å². The number of benzene rings is 1. The summed E-state index contributed by atoms with van der Waals surface area (Å²) in [6.07, 6.45) is 0. The number of nitrogens with two attached hydrogens (primary N) is 1. The first kappa shape index (κ1) is 15.0. The average molecular weight is 265 g/mol. The van der Waals surface area contributed by atoms with Crippen molar-refractivity contribution < 1.29 is 14.7 Å². The molecule has 0 unspecified atom stereocenters. The molecule has 0 fully saturated rings. The lowest BCUT2D eigenvalue weighted by molar-refractivity contribution is 0.0710. The van der Waals surface area contributed by atoms with Crippen molar-refractivity contribution in [1.82, 2.24) is 4.90 Å². The quantitative estimate of drug-likeness (QED) is 0.263. The molecular formula is C13H19N3O3. The van der Waals surface area contributed by atoms with E-state index in [-0.39, 0.29) is 11.7 Å². The van der Waals surface area contributed by atoms with E-state index in [4.69, 9.17) is 15.7 Å². The highest BCUT2D eigenvalue weighted by Gasteiger charge is 2.11. The van der Waals surface area contributed by atoms with Gasteiger partial charge in [0, 0.05) is 31.3 Å². The molecule has 1 aromatic carbocycles. The van der Waals surface area contributed by atoms with Crippen LogP contribution >= 0.6 is 0 Å². The van der Waals surface area contributed by atoms with Crippen LogP contribution in [0.15, 0.2) is 29.4 Å². The van der Waals surface area contributed by atoms with E-state index in [1.807, 2.05) is 6.92 Å². The van der Waals surface area contributed by atoms with Gasteiger partial charge in [0.25, 0.3) is 5.91 Å². The van der Waals surface area contributed by atoms with Crippen molar-refractivity contribution >= 4 is 11.7 Å². The minimum atomic E-state index is -0.0919. The highest BCUT2D eigenvalue weighted by molar-refractivity contribution is 5.99. The number of carbonyl (C=O) groups is 1. The predicted octanol–water partition coefficient (Wildman–Crippen LogP) is 0.890. The molecule has 0 atom stereocenters. The van der Waals surface area contributed by atoms with Crippen LogP contribution < -0.4 is 5.73 Å². The van der Waals surface area contributed by atoms with E-state index in [0.29, 0.717) is 30.9 Å². The number of likely N-dealkylation sites (N-methyl/N-ethyl adjacent to an activating group) is 1. The summed E-state index contributed by atoms with van der Waals surface area (Å²) in [5, 5.41) is 11.5. The monoisotopic (exact) mass is 265 g/mol. The Labute approximate surface area is 112 Å². The van der Waals surface area contributed by atoms with Crippen molar-refractivity contribution in [3.63, 3.8) is 0 Å². The Morgan fingerprint density at radius 2 is 1.95 bits per heavy atom. The van der Waals surface area contributed by atoms with Gasteiger partial charge >= 0.3 is 0 Å². The second kappa shape index (κ2) is 7.38. The lowest BCUT2D eigenvalue weighted by atomic mass is 10.1. The van der Waals surface area contributed by atoms with Crippen molar-refractivity contribution in [2.24, 2.45) is 10.9 Å². The Hall–Kier alpha value is -2.08. The van der Waals surface area contributed by atoms with E-state index in [1.165, 1.54) is 0 Å². The van der Waals surface area contributed by atoms with Crippen LogP contribution in [0, 0.1) is 0 Å². The summed E-state index contributed by atoms with van der Waals surface area (Å²) in [6, 6.07) is 6.57. The number of hydrogen-bond acceptors (Lipinski definition) is 4. The summed E-state index contributed by atoms with van der Waals surface area (Å²) >= 11 is 0. The molecule has 0 bridgehead atoms. The Bertz CT molecular complexity index is 443. The van der Waals surface area contributed by atoms with E-state index in [0.717, 1.165) is 0 Å². The largest absolute Gasteiger partial charge is 0.409 e. The highest BCUT2D eigenvalue weighted by atomic mass is 16.5. The first-order valence-corrected chi connectivity index (χ1v) is 6.01. The highest BCUT2D eigenvalue weighted by Crippen LogP contribution is 2.07. The van der Waals surface area contributed by atoms with Crippen LogP contribution in [0.2, 0.25) is 0 Å². The molecule has 6 heteroatoms. The summed E-state index contributed by atoms with van der Waals surface area (Å²) in [5.74, 6) is -0.0746. The van der Waals surface area contributed by atoms with Gasteiger partial charge in [-0.2, -0.15) is 0 Å². The maximum absolute atomic E-state index is 12.0.